The second kappa shape index (κ2) is 4.43. The number of hydrogen-bond donors (Lipinski definition) is 0. The van der Waals surface area contributed by atoms with E-state index in [9.17, 15) is 10.1 Å². The third kappa shape index (κ3) is 1.75. The smallest absolute Gasteiger partial charge is 0.156 e. The van der Waals surface area contributed by atoms with Crippen LogP contribution >= 0.6 is 0 Å². The van der Waals surface area contributed by atoms with Crippen molar-refractivity contribution in [2.24, 2.45) is 0 Å². The molecule has 0 bridgehead atoms. The van der Waals surface area contributed by atoms with Gasteiger partial charge in [-0.25, -0.2) is 0 Å². The molecule has 0 unspecified atom stereocenters. The molecule has 0 aliphatic heterocycles. The average molecular weight is 271 g/mol. The molecule has 100 valence electrons. The van der Waals surface area contributed by atoms with Gasteiger partial charge in [-0.1, -0.05) is 30.3 Å². The van der Waals surface area contributed by atoms with Gasteiger partial charge in [0.2, 0.25) is 0 Å². The van der Waals surface area contributed by atoms with Crippen LogP contribution in [-0.2, 0) is 17.6 Å². The summed E-state index contributed by atoms with van der Waals surface area (Å²) < 4.78 is 0. The van der Waals surface area contributed by atoms with E-state index in [1.165, 1.54) is 16.3 Å². The topological polar surface area (TPSA) is 40.9 Å². The van der Waals surface area contributed by atoms with Gasteiger partial charge in [-0.3, -0.25) is 4.79 Å². The minimum absolute atomic E-state index is 0.217. The van der Waals surface area contributed by atoms with Crippen molar-refractivity contribution in [1.29, 1.82) is 5.26 Å². The van der Waals surface area contributed by atoms with Crippen molar-refractivity contribution in [2.75, 3.05) is 0 Å². The molecule has 2 aromatic rings. The Balaban J connectivity index is 2.21. The molecule has 2 aromatic carbocycles. The minimum atomic E-state index is 0.217. The Morgan fingerprint density at radius 2 is 1.90 bits per heavy atom. The second-order valence-corrected chi connectivity index (χ2v) is 5.56. The van der Waals surface area contributed by atoms with E-state index in [-0.39, 0.29) is 5.78 Å². The van der Waals surface area contributed by atoms with Crippen LogP contribution in [0.4, 0.5) is 0 Å². The molecule has 2 aliphatic rings. The number of benzene rings is 2. The Morgan fingerprint density at radius 3 is 2.76 bits per heavy atom. The van der Waals surface area contributed by atoms with Crippen molar-refractivity contribution >= 4 is 17.9 Å². The molecular weight excluding hydrogens is 258 g/mol. The van der Waals surface area contributed by atoms with Crippen molar-refractivity contribution in [3.05, 3.63) is 67.9 Å². The largest absolute Gasteiger partial charge is 0.295 e. The molecule has 4 rings (SSSR count). The lowest BCUT2D eigenvalue weighted by Crippen LogP contribution is -2.23. The Kier molecular flexibility index (Phi) is 2.55. The van der Waals surface area contributed by atoms with Crippen LogP contribution in [0.25, 0.3) is 12.2 Å². The highest BCUT2D eigenvalue weighted by Gasteiger charge is 2.14. The van der Waals surface area contributed by atoms with Gasteiger partial charge in [0.25, 0.3) is 0 Å². The van der Waals surface area contributed by atoms with Gasteiger partial charge >= 0.3 is 0 Å². The predicted octanol–water partition coefficient (Wildman–Crippen LogP) is 1.48. The number of Topliss-reactive ketones (excluding diaryl/α,β-unsaturated/α-hetero) is 1. The Morgan fingerprint density at radius 1 is 1.00 bits per heavy atom. The van der Waals surface area contributed by atoms with Crippen molar-refractivity contribution in [3.8, 4) is 6.07 Å². The summed E-state index contributed by atoms with van der Waals surface area (Å²) in [6, 6.07) is 12.3. The summed E-state index contributed by atoms with van der Waals surface area (Å²) in [6.45, 7) is 0. The van der Waals surface area contributed by atoms with Crippen LogP contribution in [-0.4, -0.2) is 5.78 Å². The van der Waals surface area contributed by atoms with Crippen molar-refractivity contribution < 1.29 is 4.79 Å². The summed E-state index contributed by atoms with van der Waals surface area (Å²) in [5.74, 6) is 0.217. The maximum Gasteiger partial charge on any atom is 0.156 e. The van der Waals surface area contributed by atoms with Gasteiger partial charge in [-0.15, -0.1) is 0 Å². The molecule has 2 nitrogen and oxygen atoms in total. The highest BCUT2D eigenvalue weighted by molar-refractivity contribution is 6.07. The first-order valence-corrected chi connectivity index (χ1v) is 7.17. The minimum Gasteiger partial charge on any atom is -0.295 e. The third-order valence-corrected chi connectivity index (χ3v) is 4.43. The van der Waals surface area contributed by atoms with E-state index in [1.54, 1.807) is 6.08 Å². The number of nitriles is 1. The van der Waals surface area contributed by atoms with Crippen LogP contribution < -0.4 is 10.4 Å². The first-order valence-electron chi connectivity index (χ1n) is 7.17. The predicted molar refractivity (Wildman–Crippen MR) is 80.5 cm³/mol. The molecule has 0 fully saturated rings. The summed E-state index contributed by atoms with van der Waals surface area (Å²) in [7, 11) is 0. The normalized spacial score (nSPS) is 14.9. The van der Waals surface area contributed by atoms with E-state index in [0.29, 0.717) is 6.42 Å². The fourth-order valence-corrected chi connectivity index (χ4v) is 3.44. The van der Waals surface area contributed by atoms with Gasteiger partial charge < -0.3 is 0 Å². The van der Waals surface area contributed by atoms with E-state index >= 15 is 0 Å². The lowest BCUT2D eigenvalue weighted by molar-refractivity contribution is -0.113. The number of ketones is 1. The summed E-state index contributed by atoms with van der Waals surface area (Å²) in [5, 5.41) is 13.7. The third-order valence-electron chi connectivity index (χ3n) is 4.43. The lowest BCUT2D eigenvalue weighted by Gasteiger charge is -2.16. The molecule has 21 heavy (non-hydrogen) atoms. The molecule has 0 radical (unpaired) electrons. The van der Waals surface area contributed by atoms with Gasteiger partial charge in [0.15, 0.2) is 5.78 Å². The molecule has 0 atom stereocenters. The molecule has 0 aromatic heterocycles. The first kappa shape index (κ1) is 12.1. The Labute approximate surface area is 122 Å². The maximum absolute atomic E-state index is 11.6. The monoisotopic (exact) mass is 271 g/mol. The molecule has 0 saturated heterocycles. The summed E-state index contributed by atoms with van der Waals surface area (Å²) in [4.78, 5) is 11.6. The number of rotatable bonds is 0. The fraction of sp³-hybridized carbons (Fsp3) is 0.158. The maximum atomic E-state index is 11.6. The van der Waals surface area contributed by atoms with Gasteiger partial charge in [-0.2, -0.15) is 5.26 Å². The quantitative estimate of drug-likeness (QED) is 0.728. The molecule has 0 N–H and O–H groups in total. The van der Waals surface area contributed by atoms with Gasteiger partial charge in [0.05, 0.1) is 11.6 Å². The first-order chi connectivity index (χ1) is 10.3. The molecule has 0 amide bonds. The summed E-state index contributed by atoms with van der Waals surface area (Å²) in [5.41, 5.74) is 3.35. The van der Waals surface area contributed by atoms with Crippen molar-refractivity contribution in [2.45, 2.75) is 19.3 Å². The van der Waals surface area contributed by atoms with Crippen LogP contribution in [0.3, 0.4) is 0 Å². The molecule has 2 aliphatic carbocycles. The van der Waals surface area contributed by atoms with Crippen LogP contribution in [0.1, 0.15) is 23.1 Å². The van der Waals surface area contributed by atoms with E-state index in [1.807, 2.05) is 18.2 Å². The van der Waals surface area contributed by atoms with Gasteiger partial charge in [0.1, 0.15) is 0 Å². The van der Waals surface area contributed by atoms with Crippen LogP contribution in [0.15, 0.2) is 30.3 Å². The number of carbonyl (C=O) groups is 1. The second-order valence-electron chi connectivity index (χ2n) is 5.56. The van der Waals surface area contributed by atoms with Crippen LogP contribution in [0.5, 0.6) is 0 Å². The highest BCUT2D eigenvalue weighted by Crippen LogP contribution is 2.16. The lowest BCUT2D eigenvalue weighted by atomic mass is 9.88. The molecule has 0 saturated carbocycles. The standard InChI is InChI=1S/C19H13NO/c20-11-13-2-1-3-17-16(13)8-9-18-15-7-5-14(21)10-12(15)4-6-19(17)18/h1-4,6,8,10H,5,7,9H2. The van der Waals surface area contributed by atoms with Gasteiger partial charge in [-0.05, 0) is 57.0 Å². The SMILES string of the molecule is N#Cc1cccc2c1=CCc1c3c(ccc1=2)=CC(=O)CC3. The van der Waals surface area contributed by atoms with E-state index in [0.717, 1.165) is 34.1 Å². The molecular formula is C19H13NO. The number of fused-ring (bicyclic) bond motifs is 4. The van der Waals surface area contributed by atoms with Crippen LogP contribution in [0.2, 0.25) is 0 Å². The molecule has 0 heterocycles. The summed E-state index contributed by atoms with van der Waals surface area (Å²) in [6.07, 6.45) is 6.18. The Hall–Kier alpha value is -2.66. The average Bonchev–Trinajstić information content (AvgIpc) is 2.53. The number of carbonyl (C=O) groups excluding carboxylic acids is 1. The number of hydrogen-bond acceptors (Lipinski definition) is 2. The van der Waals surface area contributed by atoms with E-state index in [2.05, 4.69) is 24.3 Å². The van der Waals surface area contributed by atoms with Crippen molar-refractivity contribution in [3.63, 3.8) is 0 Å². The van der Waals surface area contributed by atoms with Crippen molar-refractivity contribution in [1.82, 2.24) is 0 Å². The zero-order chi connectivity index (χ0) is 14.4. The van der Waals surface area contributed by atoms with E-state index < -0.39 is 0 Å². The highest BCUT2D eigenvalue weighted by atomic mass is 16.1. The summed E-state index contributed by atoms with van der Waals surface area (Å²) >= 11 is 0. The fourth-order valence-electron chi connectivity index (χ4n) is 3.44. The van der Waals surface area contributed by atoms with Crippen LogP contribution in [0, 0.1) is 21.8 Å². The Bertz CT molecular complexity index is 1040. The van der Waals surface area contributed by atoms with Gasteiger partial charge in [0, 0.05) is 6.42 Å². The molecule has 2 heteroatoms. The van der Waals surface area contributed by atoms with E-state index in [4.69, 9.17) is 0 Å². The zero-order valence-corrected chi connectivity index (χ0v) is 11.5. The number of nitrogens with zero attached hydrogens (tertiary/aromatic N) is 1. The zero-order valence-electron chi connectivity index (χ0n) is 11.5. The molecule has 0 spiro atoms.